The maximum atomic E-state index is 13.7. The molecule has 0 aliphatic carbocycles. The third-order valence-corrected chi connectivity index (χ3v) is 5.66. The van der Waals surface area contributed by atoms with Crippen molar-refractivity contribution < 1.29 is 33.0 Å². The summed E-state index contributed by atoms with van der Waals surface area (Å²) in [4.78, 5) is 34.2. The summed E-state index contributed by atoms with van der Waals surface area (Å²) in [5, 5.41) is 11.7. The highest BCUT2D eigenvalue weighted by molar-refractivity contribution is 5.79. The molecular weight excluding hydrogens is 458 g/mol. The smallest absolute Gasteiger partial charge is 0.313 e. The number of aliphatic carboxylic acids is 1. The van der Waals surface area contributed by atoms with Gasteiger partial charge < -0.3 is 20.9 Å². The molecule has 0 saturated heterocycles. The Morgan fingerprint density at radius 1 is 0.943 bits per heavy atom. The SMILES string of the molecule is CC(=O)NC(c1ccccc1F)C(C)(C)C(=O)O.CCOC(=O)C(C)(C)C(N)c1ccccc1F. The highest BCUT2D eigenvalue weighted by Gasteiger charge is 2.40. The molecular formula is C26H34F2N2O5. The number of carbonyl (C=O) groups excluding carboxylic acids is 2. The summed E-state index contributed by atoms with van der Waals surface area (Å²) in [5.74, 6) is -2.87. The standard InChI is InChI=1S/C13H16FNO3.C13H18FNO2/c1-8(16)15-11(13(2,3)12(17)18)9-6-4-5-7-10(9)14;1-4-17-12(16)13(2,3)11(15)9-7-5-6-8-10(9)14/h4-7,11H,1-3H3,(H,15,16)(H,17,18);5-8,11H,4,15H2,1-3H3. The van der Waals surface area contributed by atoms with E-state index in [9.17, 15) is 28.3 Å². The number of hydrogen-bond acceptors (Lipinski definition) is 5. The Morgan fingerprint density at radius 2 is 1.40 bits per heavy atom. The zero-order valence-corrected chi connectivity index (χ0v) is 20.9. The van der Waals surface area contributed by atoms with Crippen LogP contribution in [-0.4, -0.2) is 29.6 Å². The molecule has 0 bridgehead atoms. The van der Waals surface area contributed by atoms with Gasteiger partial charge in [-0.05, 0) is 46.8 Å². The summed E-state index contributed by atoms with van der Waals surface area (Å²) < 4.78 is 32.3. The van der Waals surface area contributed by atoms with E-state index in [0.717, 1.165) is 0 Å². The van der Waals surface area contributed by atoms with Gasteiger partial charge in [0.2, 0.25) is 5.91 Å². The predicted molar refractivity (Wildman–Crippen MR) is 128 cm³/mol. The van der Waals surface area contributed by atoms with Crippen LogP contribution in [0.3, 0.4) is 0 Å². The number of carbonyl (C=O) groups is 3. The quantitative estimate of drug-likeness (QED) is 0.466. The molecule has 0 radical (unpaired) electrons. The third kappa shape index (κ3) is 7.58. The second kappa shape index (κ2) is 12.4. The Labute approximate surface area is 204 Å². The van der Waals surface area contributed by atoms with Crippen LogP contribution in [-0.2, 0) is 19.1 Å². The highest BCUT2D eigenvalue weighted by Crippen LogP contribution is 2.35. The number of carboxylic acid groups (broad SMARTS) is 1. The van der Waals surface area contributed by atoms with E-state index in [0.29, 0.717) is 5.56 Å². The summed E-state index contributed by atoms with van der Waals surface area (Å²) in [6.45, 7) is 9.48. The Morgan fingerprint density at radius 3 is 1.80 bits per heavy atom. The van der Waals surface area contributed by atoms with Crippen molar-refractivity contribution in [3.05, 3.63) is 71.3 Å². The first-order chi connectivity index (χ1) is 16.2. The molecule has 2 aromatic rings. The van der Waals surface area contributed by atoms with Crippen molar-refractivity contribution in [3.8, 4) is 0 Å². The van der Waals surface area contributed by atoms with Crippen LogP contribution in [0.2, 0.25) is 0 Å². The van der Waals surface area contributed by atoms with Crippen LogP contribution in [0.15, 0.2) is 48.5 Å². The summed E-state index contributed by atoms with van der Waals surface area (Å²) in [7, 11) is 0. The minimum absolute atomic E-state index is 0.167. The zero-order valence-electron chi connectivity index (χ0n) is 20.9. The molecule has 7 nitrogen and oxygen atoms in total. The number of hydrogen-bond donors (Lipinski definition) is 3. The van der Waals surface area contributed by atoms with E-state index in [4.69, 9.17) is 10.5 Å². The lowest BCUT2D eigenvalue weighted by Gasteiger charge is -2.31. The molecule has 0 heterocycles. The molecule has 0 aliphatic heterocycles. The molecule has 4 N–H and O–H groups in total. The Bertz CT molecular complexity index is 1040. The van der Waals surface area contributed by atoms with Crippen LogP contribution < -0.4 is 11.1 Å². The molecule has 0 spiro atoms. The number of nitrogens with one attached hydrogen (secondary N) is 1. The van der Waals surface area contributed by atoms with Gasteiger partial charge in [0.1, 0.15) is 11.6 Å². The maximum absolute atomic E-state index is 13.7. The van der Waals surface area contributed by atoms with Gasteiger partial charge in [-0.15, -0.1) is 0 Å². The largest absolute Gasteiger partial charge is 0.481 e. The van der Waals surface area contributed by atoms with Crippen molar-refractivity contribution in [2.24, 2.45) is 16.6 Å². The molecule has 2 atom stereocenters. The molecule has 2 rings (SSSR count). The summed E-state index contributed by atoms with van der Waals surface area (Å²) >= 11 is 0. The van der Waals surface area contributed by atoms with Crippen LogP contribution in [0.25, 0.3) is 0 Å². The van der Waals surface area contributed by atoms with Crippen LogP contribution in [0.1, 0.15) is 64.8 Å². The van der Waals surface area contributed by atoms with Gasteiger partial charge >= 0.3 is 11.9 Å². The van der Waals surface area contributed by atoms with E-state index < -0.39 is 52.4 Å². The average Bonchev–Trinajstić information content (AvgIpc) is 2.78. The Kier molecular flexibility index (Phi) is 10.5. The number of carboxylic acids is 1. The molecule has 2 unspecified atom stereocenters. The average molecular weight is 493 g/mol. The molecule has 9 heteroatoms. The van der Waals surface area contributed by atoms with Gasteiger partial charge in [0, 0.05) is 24.1 Å². The Hall–Kier alpha value is -3.33. The van der Waals surface area contributed by atoms with Crippen LogP contribution in [0, 0.1) is 22.5 Å². The maximum Gasteiger partial charge on any atom is 0.313 e. The highest BCUT2D eigenvalue weighted by atomic mass is 19.1. The van der Waals surface area contributed by atoms with Crippen LogP contribution in [0.5, 0.6) is 0 Å². The van der Waals surface area contributed by atoms with E-state index in [2.05, 4.69) is 5.32 Å². The van der Waals surface area contributed by atoms with E-state index in [1.807, 2.05) is 0 Å². The number of nitrogens with two attached hydrogens (primary N) is 1. The van der Waals surface area contributed by atoms with Gasteiger partial charge in [-0.2, -0.15) is 0 Å². The molecule has 0 aliphatic rings. The van der Waals surface area contributed by atoms with Gasteiger partial charge in [0.15, 0.2) is 0 Å². The minimum Gasteiger partial charge on any atom is -0.481 e. The van der Waals surface area contributed by atoms with E-state index in [1.54, 1.807) is 45.0 Å². The monoisotopic (exact) mass is 492 g/mol. The van der Waals surface area contributed by atoms with Crippen LogP contribution in [0.4, 0.5) is 8.78 Å². The van der Waals surface area contributed by atoms with E-state index in [-0.39, 0.29) is 12.2 Å². The molecule has 192 valence electrons. The van der Waals surface area contributed by atoms with Gasteiger partial charge in [-0.3, -0.25) is 14.4 Å². The van der Waals surface area contributed by atoms with Gasteiger partial charge in [-0.25, -0.2) is 8.78 Å². The first-order valence-electron chi connectivity index (χ1n) is 11.1. The molecule has 1 amide bonds. The summed E-state index contributed by atoms with van der Waals surface area (Å²) in [6, 6.07) is 10.4. The molecule has 35 heavy (non-hydrogen) atoms. The number of benzene rings is 2. The lowest BCUT2D eigenvalue weighted by atomic mass is 9.80. The number of rotatable bonds is 8. The van der Waals surface area contributed by atoms with Crippen molar-refractivity contribution in [2.75, 3.05) is 6.61 Å². The third-order valence-electron chi connectivity index (χ3n) is 5.66. The van der Waals surface area contributed by atoms with Crippen LogP contribution >= 0.6 is 0 Å². The normalized spacial score (nSPS) is 13.1. The fraction of sp³-hybridized carbons (Fsp3) is 0.423. The van der Waals surface area contributed by atoms with Crippen molar-refractivity contribution in [3.63, 3.8) is 0 Å². The van der Waals surface area contributed by atoms with Crippen molar-refractivity contribution in [2.45, 2.75) is 53.6 Å². The molecule has 2 aromatic carbocycles. The topological polar surface area (TPSA) is 119 Å². The Balaban J connectivity index is 0.000000351. The van der Waals surface area contributed by atoms with Crippen molar-refractivity contribution in [1.82, 2.24) is 5.32 Å². The van der Waals surface area contributed by atoms with Crippen molar-refractivity contribution in [1.29, 1.82) is 0 Å². The van der Waals surface area contributed by atoms with Crippen molar-refractivity contribution >= 4 is 17.8 Å². The second-order valence-electron chi connectivity index (χ2n) is 9.12. The summed E-state index contributed by atoms with van der Waals surface area (Å²) in [6.07, 6.45) is 0. The minimum atomic E-state index is -1.31. The molecule has 0 aromatic heterocycles. The van der Waals surface area contributed by atoms with Gasteiger partial charge in [0.05, 0.1) is 23.5 Å². The number of amides is 1. The first kappa shape index (κ1) is 29.7. The number of halogens is 2. The fourth-order valence-corrected chi connectivity index (χ4v) is 3.24. The predicted octanol–water partition coefficient (Wildman–Crippen LogP) is 4.53. The molecule has 0 fully saturated rings. The lowest BCUT2D eigenvalue weighted by Crippen LogP contribution is -2.42. The van der Waals surface area contributed by atoms with E-state index >= 15 is 0 Å². The lowest BCUT2D eigenvalue weighted by molar-refractivity contribution is -0.154. The zero-order chi connectivity index (χ0) is 27.0. The summed E-state index contributed by atoms with van der Waals surface area (Å²) in [5.41, 5.74) is 4.18. The second-order valence-corrected chi connectivity index (χ2v) is 9.12. The van der Waals surface area contributed by atoms with E-state index in [1.165, 1.54) is 45.0 Å². The number of ether oxygens (including phenoxy) is 1. The molecule has 0 saturated carbocycles. The number of esters is 1. The van der Waals surface area contributed by atoms with Gasteiger partial charge in [0.25, 0.3) is 0 Å². The fourth-order valence-electron chi connectivity index (χ4n) is 3.24. The van der Waals surface area contributed by atoms with Gasteiger partial charge in [-0.1, -0.05) is 36.4 Å². The first-order valence-corrected chi connectivity index (χ1v) is 11.1.